The summed E-state index contributed by atoms with van der Waals surface area (Å²) in [7, 11) is 0. The molecule has 0 aromatic heterocycles. The maximum atomic E-state index is 12.8. The number of Topliss-reactive ketones (excluding diaryl/α,β-unsaturated/α-hetero) is 1. The third kappa shape index (κ3) is 4.28. The summed E-state index contributed by atoms with van der Waals surface area (Å²) in [4.78, 5) is 21.6. The summed E-state index contributed by atoms with van der Waals surface area (Å²) < 4.78 is 25.4. The van der Waals surface area contributed by atoms with Crippen molar-refractivity contribution in [3.8, 4) is 0 Å². The van der Waals surface area contributed by atoms with Gasteiger partial charge in [0.05, 0.1) is 13.0 Å². The second kappa shape index (κ2) is 6.05. The van der Waals surface area contributed by atoms with Crippen molar-refractivity contribution >= 4 is 11.8 Å². The Kier molecular flexibility index (Phi) is 4.71. The number of carboxylic acid groups (broad SMARTS) is 1. The van der Waals surface area contributed by atoms with Gasteiger partial charge in [0.2, 0.25) is 0 Å². The van der Waals surface area contributed by atoms with Crippen LogP contribution in [0.2, 0.25) is 0 Å². The normalized spacial score (nSPS) is 10.2. The molecular formula is C11H11F2NO3. The van der Waals surface area contributed by atoms with Crippen molar-refractivity contribution in [3.05, 3.63) is 35.4 Å². The minimum Gasteiger partial charge on any atom is -0.481 e. The molecule has 0 aliphatic carbocycles. The summed E-state index contributed by atoms with van der Waals surface area (Å²) in [5.41, 5.74) is 0.0479. The molecule has 1 aromatic carbocycles. The zero-order chi connectivity index (χ0) is 12.8. The van der Waals surface area contributed by atoms with Crippen LogP contribution in [0.5, 0.6) is 0 Å². The van der Waals surface area contributed by atoms with Crippen molar-refractivity contribution in [2.75, 3.05) is 13.1 Å². The fourth-order valence-electron chi connectivity index (χ4n) is 1.17. The second-order valence-corrected chi connectivity index (χ2v) is 3.37. The van der Waals surface area contributed by atoms with Crippen molar-refractivity contribution in [2.45, 2.75) is 6.42 Å². The molecule has 0 spiro atoms. The number of rotatable bonds is 6. The maximum Gasteiger partial charge on any atom is 0.304 e. The van der Waals surface area contributed by atoms with E-state index in [9.17, 15) is 18.4 Å². The third-order valence-electron chi connectivity index (χ3n) is 2.04. The van der Waals surface area contributed by atoms with Crippen molar-refractivity contribution in [2.24, 2.45) is 0 Å². The van der Waals surface area contributed by atoms with Gasteiger partial charge in [-0.1, -0.05) is 0 Å². The molecule has 17 heavy (non-hydrogen) atoms. The van der Waals surface area contributed by atoms with E-state index in [0.29, 0.717) is 0 Å². The highest BCUT2D eigenvalue weighted by molar-refractivity contribution is 5.97. The smallest absolute Gasteiger partial charge is 0.304 e. The van der Waals surface area contributed by atoms with Gasteiger partial charge in [-0.3, -0.25) is 9.59 Å². The lowest BCUT2D eigenvalue weighted by Crippen LogP contribution is -2.25. The summed E-state index contributed by atoms with van der Waals surface area (Å²) in [6.45, 7) is 0.0309. The number of ketones is 1. The summed E-state index contributed by atoms with van der Waals surface area (Å²) in [5, 5.41) is 10.9. The highest BCUT2D eigenvalue weighted by atomic mass is 19.2. The van der Waals surface area contributed by atoms with E-state index in [1.165, 1.54) is 6.07 Å². The molecule has 0 aliphatic rings. The number of hydrogen-bond acceptors (Lipinski definition) is 3. The SMILES string of the molecule is O=C(O)CCNCC(=O)c1ccc(F)c(F)c1. The molecule has 0 saturated carbocycles. The monoisotopic (exact) mass is 243 g/mol. The van der Waals surface area contributed by atoms with Gasteiger partial charge in [-0.05, 0) is 18.2 Å². The molecular weight excluding hydrogens is 232 g/mol. The molecule has 0 atom stereocenters. The summed E-state index contributed by atoms with van der Waals surface area (Å²) in [5.74, 6) is -3.49. The Morgan fingerprint density at radius 1 is 1.24 bits per heavy atom. The molecule has 92 valence electrons. The Labute approximate surface area is 96.3 Å². The van der Waals surface area contributed by atoms with Crippen molar-refractivity contribution in [1.82, 2.24) is 5.32 Å². The standard InChI is InChI=1S/C11H11F2NO3/c12-8-2-1-7(5-9(8)13)10(15)6-14-4-3-11(16)17/h1-2,5,14H,3-4,6H2,(H,16,17). The predicted octanol–water partition coefficient (Wildman–Crippen LogP) is 1.21. The van der Waals surface area contributed by atoms with Crippen LogP contribution in [0.3, 0.4) is 0 Å². The topological polar surface area (TPSA) is 66.4 Å². The predicted molar refractivity (Wildman–Crippen MR) is 55.8 cm³/mol. The van der Waals surface area contributed by atoms with Crippen LogP contribution in [0.15, 0.2) is 18.2 Å². The first-order valence-electron chi connectivity index (χ1n) is 4.91. The Bertz CT molecular complexity index is 435. The molecule has 0 bridgehead atoms. The van der Waals surface area contributed by atoms with Crippen LogP contribution in [-0.4, -0.2) is 29.9 Å². The van der Waals surface area contributed by atoms with E-state index >= 15 is 0 Å². The minimum absolute atomic E-state index is 0.0479. The van der Waals surface area contributed by atoms with E-state index < -0.39 is 23.4 Å². The summed E-state index contributed by atoms with van der Waals surface area (Å²) in [6.07, 6.45) is -0.106. The van der Waals surface area contributed by atoms with Gasteiger partial charge < -0.3 is 10.4 Å². The average molecular weight is 243 g/mol. The number of halogens is 2. The molecule has 1 rings (SSSR count). The van der Waals surface area contributed by atoms with E-state index in [-0.39, 0.29) is 25.1 Å². The zero-order valence-corrected chi connectivity index (χ0v) is 8.87. The molecule has 2 N–H and O–H groups in total. The molecule has 0 fully saturated rings. The molecule has 0 radical (unpaired) electrons. The highest BCUT2D eigenvalue weighted by Crippen LogP contribution is 2.08. The fourth-order valence-corrected chi connectivity index (χ4v) is 1.17. The van der Waals surface area contributed by atoms with Crippen LogP contribution >= 0.6 is 0 Å². The second-order valence-electron chi connectivity index (χ2n) is 3.37. The van der Waals surface area contributed by atoms with E-state index in [4.69, 9.17) is 5.11 Å². The number of aliphatic carboxylic acids is 1. The van der Waals surface area contributed by atoms with E-state index in [0.717, 1.165) is 12.1 Å². The van der Waals surface area contributed by atoms with Gasteiger partial charge in [0, 0.05) is 12.1 Å². The van der Waals surface area contributed by atoms with Gasteiger partial charge in [0.15, 0.2) is 17.4 Å². The van der Waals surface area contributed by atoms with Crippen LogP contribution < -0.4 is 5.32 Å². The van der Waals surface area contributed by atoms with Gasteiger partial charge >= 0.3 is 5.97 Å². The average Bonchev–Trinajstić information content (AvgIpc) is 2.27. The van der Waals surface area contributed by atoms with Gasteiger partial charge in [-0.25, -0.2) is 8.78 Å². The molecule has 0 heterocycles. The quantitative estimate of drug-likeness (QED) is 0.582. The molecule has 4 nitrogen and oxygen atoms in total. The van der Waals surface area contributed by atoms with Crippen LogP contribution in [-0.2, 0) is 4.79 Å². The van der Waals surface area contributed by atoms with Gasteiger partial charge in [0.25, 0.3) is 0 Å². The van der Waals surface area contributed by atoms with Crippen molar-refractivity contribution in [1.29, 1.82) is 0 Å². The molecule has 0 saturated heterocycles. The van der Waals surface area contributed by atoms with Crippen molar-refractivity contribution in [3.63, 3.8) is 0 Å². The molecule has 6 heteroatoms. The summed E-state index contributed by atoms with van der Waals surface area (Å²) >= 11 is 0. The molecule has 0 aliphatic heterocycles. The van der Waals surface area contributed by atoms with Crippen LogP contribution in [0, 0.1) is 11.6 Å². The Morgan fingerprint density at radius 3 is 2.53 bits per heavy atom. The largest absolute Gasteiger partial charge is 0.481 e. The van der Waals surface area contributed by atoms with Crippen molar-refractivity contribution < 1.29 is 23.5 Å². The number of carboxylic acids is 1. The minimum atomic E-state index is -1.08. The molecule has 1 aromatic rings. The van der Waals surface area contributed by atoms with Crippen LogP contribution in [0.25, 0.3) is 0 Å². The first-order chi connectivity index (χ1) is 8.00. The lowest BCUT2D eigenvalue weighted by atomic mass is 10.1. The first kappa shape index (κ1) is 13.2. The van der Waals surface area contributed by atoms with Gasteiger partial charge in [-0.15, -0.1) is 0 Å². The van der Waals surface area contributed by atoms with E-state index in [1.54, 1.807) is 0 Å². The number of carbonyl (C=O) groups excluding carboxylic acids is 1. The Hall–Kier alpha value is -1.82. The number of nitrogens with one attached hydrogen (secondary N) is 1. The lowest BCUT2D eigenvalue weighted by Gasteiger charge is -2.03. The van der Waals surface area contributed by atoms with E-state index in [1.807, 2.05) is 0 Å². The highest BCUT2D eigenvalue weighted by Gasteiger charge is 2.09. The molecule has 0 unspecified atom stereocenters. The number of carbonyl (C=O) groups is 2. The van der Waals surface area contributed by atoms with Crippen LogP contribution in [0.1, 0.15) is 16.8 Å². The van der Waals surface area contributed by atoms with E-state index in [2.05, 4.69) is 5.32 Å². The maximum absolute atomic E-state index is 12.8. The summed E-state index contributed by atoms with van der Waals surface area (Å²) in [6, 6.07) is 2.87. The fraction of sp³-hybridized carbons (Fsp3) is 0.273. The molecule has 0 amide bonds. The lowest BCUT2D eigenvalue weighted by molar-refractivity contribution is -0.136. The van der Waals surface area contributed by atoms with Gasteiger partial charge in [-0.2, -0.15) is 0 Å². The first-order valence-corrected chi connectivity index (χ1v) is 4.91. The zero-order valence-electron chi connectivity index (χ0n) is 8.87. The Balaban J connectivity index is 2.47. The third-order valence-corrected chi connectivity index (χ3v) is 2.04. The van der Waals surface area contributed by atoms with Gasteiger partial charge in [0.1, 0.15) is 0 Å². The number of hydrogen-bond donors (Lipinski definition) is 2. The van der Waals surface area contributed by atoms with Crippen LogP contribution in [0.4, 0.5) is 8.78 Å². The number of benzene rings is 1. The Morgan fingerprint density at radius 2 is 1.94 bits per heavy atom.